The summed E-state index contributed by atoms with van der Waals surface area (Å²) in [7, 11) is 0. The second-order valence-electron chi connectivity index (χ2n) is 6.00. The van der Waals surface area contributed by atoms with Crippen LogP contribution in [0, 0.1) is 0 Å². The monoisotopic (exact) mass is 404 g/mol. The van der Waals surface area contributed by atoms with Crippen LogP contribution < -0.4 is 10.6 Å². The maximum absolute atomic E-state index is 12.2. The second kappa shape index (κ2) is 10.9. The van der Waals surface area contributed by atoms with Gasteiger partial charge in [0, 0.05) is 42.6 Å². The minimum absolute atomic E-state index is 0. The third-order valence-corrected chi connectivity index (χ3v) is 5.14. The summed E-state index contributed by atoms with van der Waals surface area (Å²) in [6, 6.07) is 6.14. The molecule has 5 nitrogen and oxygen atoms in total. The smallest absolute Gasteiger partial charge is 0.225 e. The number of H-pyrrole nitrogens is 1. The highest BCUT2D eigenvalue weighted by Crippen LogP contribution is 2.19. The van der Waals surface area contributed by atoms with E-state index in [2.05, 4.69) is 27.5 Å². The third kappa shape index (κ3) is 6.37. The molecule has 3 N–H and O–H groups in total. The molecule has 140 valence electrons. The highest BCUT2D eigenvalue weighted by molar-refractivity contribution is 7.99. The van der Waals surface area contributed by atoms with Crippen LogP contribution in [0.4, 0.5) is 5.69 Å². The number of aryl methyl sites for hydroxylation is 1. The van der Waals surface area contributed by atoms with Crippen LogP contribution in [0.2, 0.25) is 0 Å². The van der Waals surface area contributed by atoms with Crippen molar-refractivity contribution >= 4 is 59.2 Å². The predicted molar refractivity (Wildman–Crippen MR) is 112 cm³/mol. The van der Waals surface area contributed by atoms with Crippen molar-refractivity contribution < 1.29 is 4.79 Å². The van der Waals surface area contributed by atoms with Crippen molar-refractivity contribution in [2.75, 3.05) is 23.4 Å². The van der Waals surface area contributed by atoms with Gasteiger partial charge in [0.05, 0.1) is 11.0 Å². The van der Waals surface area contributed by atoms with Gasteiger partial charge >= 0.3 is 0 Å². The van der Waals surface area contributed by atoms with E-state index in [4.69, 9.17) is 0 Å². The van der Waals surface area contributed by atoms with Gasteiger partial charge in [-0.15, -0.1) is 24.8 Å². The number of hydrogen-bond acceptors (Lipinski definition) is 4. The molecule has 0 bridgehead atoms. The van der Waals surface area contributed by atoms with E-state index in [1.54, 1.807) is 0 Å². The van der Waals surface area contributed by atoms with Crippen LogP contribution >= 0.6 is 36.6 Å². The predicted octanol–water partition coefficient (Wildman–Crippen LogP) is 3.78. The fourth-order valence-electron chi connectivity index (χ4n) is 2.79. The number of carbonyl (C=O) groups excluding carboxylic acids is 1. The Morgan fingerprint density at radius 2 is 2.24 bits per heavy atom. The van der Waals surface area contributed by atoms with Crippen LogP contribution in [0.1, 0.15) is 32.0 Å². The highest BCUT2D eigenvalue weighted by atomic mass is 35.5. The molecule has 1 aromatic heterocycles. The lowest BCUT2D eigenvalue weighted by Gasteiger charge is -2.22. The van der Waals surface area contributed by atoms with Crippen molar-refractivity contribution in [3.8, 4) is 0 Å². The zero-order valence-corrected chi connectivity index (χ0v) is 16.8. The SMILES string of the molecule is CCCCc1nc2ccc(NC(=O)CC3CSCCN3)cc2[nH]1.Cl.Cl. The van der Waals surface area contributed by atoms with Gasteiger partial charge in [0.1, 0.15) is 5.82 Å². The maximum Gasteiger partial charge on any atom is 0.225 e. The molecule has 25 heavy (non-hydrogen) atoms. The number of aromatic amines is 1. The number of hydrogen-bond donors (Lipinski definition) is 3. The summed E-state index contributed by atoms with van der Waals surface area (Å²) in [4.78, 5) is 20.1. The van der Waals surface area contributed by atoms with Gasteiger partial charge in [0.2, 0.25) is 5.91 Å². The Morgan fingerprint density at radius 3 is 2.96 bits per heavy atom. The lowest BCUT2D eigenvalue weighted by Crippen LogP contribution is -2.39. The molecule has 0 radical (unpaired) electrons. The fourth-order valence-corrected chi connectivity index (χ4v) is 3.74. The summed E-state index contributed by atoms with van der Waals surface area (Å²) < 4.78 is 0. The van der Waals surface area contributed by atoms with E-state index < -0.39 is 0 Å². The Bertz CT molecular complexity index is 674. The van der Waals surface area contributed by atoms with Crippen molar-refractivity contribution in [3.05, 3.63) is 24.0 Å². The number of anilines is 1. The number of nitrogens with zero attached hydrogens (tertiary/aromatic N) is 1. The molecule has 1 atom stereocenters. The van der Waals surface area contributed by atoms with Crippen LogP contribution in [0.15, 0.2) is 18.2 Å². The maximum atomic E-state index is 12.2. The van der Waals surface area contributed by atoms with E-state index in [9.17, 15) is 4.79 Å². The number of benzene rings is 1. The normalized spacial score (nSPS) is 16.8. The van der Waals surface area contributed by atoms with Crippen molar-refractivity contribution in [1.82, 2.24) is 15.3 Å². The fraction of sp³-hybridized carbons (Fsp3) is 0.529. The van der Waals surface area contributed by atoms with Gasteiger partial charge in [-0.2, -0.15) is 11.8 Å². The average Bonchev–Trinajstić information content (AvgIpc) is 2.96. The van der Waals surface area contributed by atoms with Gasteiger partial charge in [-0.1, -0.05) is 13.3 Å². The number of rotatable bonds is 6. The summed E-state index contributed by atoms with van der Waals surface area (Å²) in [5.41, 5.74) is 2.77. The molecule has 3 rings (SSSR count). The molecule has 2 heterocycles. The zero-order valence-electron chi connectivity index (χ0n) is 14.3. The van der Waals surface area contributed by atoms with Crippen LogP contribution in [-0.2, 0) is 11.2 Å². The molecular formula is C17H26Cl2N4OS. The minimum atomic E-state index is 0. The van der Waals surface area contributed by atoms with Crippen molar-refractivity contribution in [2.45, 2.75) is 38.6 Å². The molecule has 1 aliphatic heterocycles. The van der Waals surface area contributed by atoms with Crippen LogP contribution in [0.3, 0.4) is 0 Å². The van der Waals surface area contributed by atoms with Crippen LogP contribution in [0.5, 0.6) is 0 Å². The largest absolute Gasteiger partial charge is 0.342 e. The van der Waals surface area contributed by atoms with Crippen LogP contribution in [-0.4, -0.2) is 40.0 Å². The van der Waals surface area contributed by atoms with E-state index in [-0.39, 0.29) is 36.8 Å². The average molecular weight is 405 g/mol. The molecule has 1 aromatic carbocycles. The quantitative estimate of drug-likeness (QED) is 0.684. The molecule has 1 aliphatic rings. The number of carbonyl (C=O) groups is 1. The number of unbranched alkanes of at least 4 members (excludes halogenated alkanes) is 1. The minimum Gasteiger partial charge on any atom is -0.342 e. The summed E-state index contributed by atoms with van der Waals surface area (Å²) in [6.45, 7) is 3.17. The Kier molecular flexibility index (Phi) is 9.64. The summed E-state index contributed by atoms with van der Waals surface area (Å²) in [5.74, 6) is 3.23. The number of nitrogens with one attached hydrogen (secondary N) is 3. The van der Waals surface area contributed by atoms with E-state index >= 15 is 0 Å². The van der Waals surface area contributed by atoms with Gasteiger partial charge in [-0.3, -0.25) is 4.79 Å². The topological polar surface area (TPSA) is 69.8 Å². The molecule has 1 fully saturated rings. The van der Waals surface area contributed by atoms with Crippen molar-refractivity contribution in [3.63, 3.8) is 0 Å². The molecule has 0 aliphatic carbocycles. The highest BCUT2D eigenvalue weighted by Gasteiger charge is 2.16. The zero-order chi connectivity index (χ0) is 16.1. The van der Waals surface area contributed by atoms with Gasteiger partial charge in [-0.25, -0.2) is 4.98 Å². The number of thioether (sulfide) groups is 1. The molecule has 0 saturated carbocycles. The number of halogens is 2. The first kappa shape index (κ1) is 22.1. The summed E-state index contributed by atoms with van der Waals surface area (Å²) in [5, 5.41) is 6.39. The Morgan fingerprint density at radius 1 is 1.40 bits per heavy atom. The number of amides is 1. The number of imidazole rings is 1. The first-order chi connectivity index (χ1) is 11.2. The van der Waals surface area contributed by atoms with Crippen LogP contribution in [0.25, 0.3) is 11.0 Å². The standard InChI is InChI=1S/C17H24N4OS.2ClH/c1-2-3-4-16-20-14-6-5-12(9-15(14)21-16)19-17(22)10-13-11-23-8-7-18-13;;/h5-6,9,13,18H,2-4,7-8,10-11H2,1H3,(H,19,22)(H,20,21);2*1H. The molecule has 8 heteroatoms. The van der Waals surface area contributed by atoms with E-state index in [1.165, 1.54) is 0 Å². The van der Waals surface area contributed by atoms with Crippen molar-refractivity contribution in [1.29, 1.82) is 0 Å². The van der Waals surface area contributed by atoms with Gasteiger partial charge in [0.15, 0.2) is 0 Å². The van der Waals surface area contributed by atoms with Gasteiger partial charge < -0.3 is 15.6 Å². The van der Waals surface area contributed by atoms with E-state index in [0.29, 0.717) is 6.42 Å². The van der Waals surface area contributed by atoms with E-state index in [0.717, 1.165) is 59.9 Å². The molecule has 1 amide bonds. The van der Waals surface area contributed by atoms with Crippen molar-refractivity contribution in [2.24, 2.45) is 0 Å². The molecule has 2 aromatic rings. The Balaban J connectivity index is 0.00000156. The molecule has 1 saturated heterocycles. The van der Waals surface area contributed by atoms with E-state index in [1.807, 2.05) is 30.0 Å². The molecular weight excluding hydrogens is 379 g/mol. The first-order valence-corrected chi connectivity index (χ1v) is 9.49. The summed E-state index contributed by atoms with van der Waals surface area (Å²) in [6.07, 6.45) is 3.79. The third-order valence-electron chi connectivity index (χ3n) is 4.01. The molecule has 0 spiro atoms. The lowest BCUT2D eigenvalue weighted by atomic mass is 10.2. The Labute approximate surface area is 165 Å². The van der Waals surface area contributed by atoms with Gasteiger partial charge in [0.25, 0.3) is 0 Å². The number of aromatic nitrogens is 2. The second-order valence-corrected chi connectivity index (χ2v) is 7.15. The van der Waals surface area contributed by atoms with Gasteiger partial charge in [-0.05, 0) is 24.6 Å². The first-order valence-electron chi connectivity index (χ1n) is 8.34. The lowest BCUT2D eigenvalue weighted by molar-refractivity contribution is -0.116. The number of fused-ring (bicyclic) bond motifs is 1. The summed E-state index contributed by atoms with van der Waals surface area (Å²) >= 11 is 1.91. The molecule has 1 unspecified atom stereocenters. The Hall–Kier alpha value is -0.950.